The van der Waals surface area contributed by atoms with E-state index in [9.17, 15) is 30.5 Å². The first-order valence-electron chi connectivity index (χ1n) is 37.0. The number of aromatic nitrogens is 7. The summed E-state index contributed by atoms with van der Waals surface area (Å²) in [4.78, 5) is 60.1. The summed E-state index contributed by atoms with van der Waals surface area (Å²) in [5.74, 6) is 2.00. The quantitative estimate of drug-likeness (QED) is 0.0493. The van der Waals surface area contributed by atoms with E-state index in [1.807, 2.05) is 84.9 Å². The van der Waals surface area contributed by atoms with Gasteiger partial charge < -0.3 is 78.3 Å². The van der Waals surface area contributed by atoms with Crippen LogP contribution in [0.2, 0.25) is 0 Å². The van der Waals surface area contributed by atoms with Gasteiger partial charge in [-0.1, -0.05) is 18.2 Å². The molecule has 0 bridgehead atoms. The summed E-state index contributed by atoms with van der Waals surface area (Å²) >= 11 is 0. The SMILES string of the molecule is CC(C)(O)c1ccc(-c2cc3c(-c4ccc(OC5CCN(C(=O)CO)CC5)c(C#N)c4)nccc3[nH]2)cn1.COc1cc(-c2cc3c(-c4ccc(OC5CCOCC5)c(C#N)c4)nccc3[nH]2)ccc1N1CCN(C(=O)CO)CC1.COc1ccc(C#N)cc1-c1nccc2[nH]c(-c3ccc(N4CCOCC4)cc3)cc12. The van der Waals surface area contributed by atoms with Crippen molar-refractivity contribution in [3.8, 4) is 109 Å². The number of H-pyrrole nitrogens is 3. The number of methoxy groups -OCH3 is 2. The summed E-state index contributed by atoms with van der Waals surface area (Å²) in [5.41, 5.74) is 16.6. The fourth-order valence-corrected chi connectivity index (χ4v) is 14.5. The monoisotopic (exact) mass is 1490 g/mol. The van der Waals surface area contributed by atoms with Gasteiger partial charge in [-0.2, -0.15) is 15.8 Å². The van der Waals surface area contributed by atoms with Gasteiger partial charge in [-0.05, 0) is 147 Å². The first kappa shape index (κ1) is 75.2. The highest BCUT2D eigenvalue weighted by atomic mass is 16.5. The van der Waals surface area contributed by atoms with Crippen molar-refractivity contribution in [2.24, 2.45) is 0 Å². The molecule has 4 aliphatic rings. The number of aliphatic hydroxyl groups is 3. The molecule has 0 spiro atoms. The molecule has 25 nitrogen and oxygen atoms in total. The Morgan fingerprint density at radius 3 is 1.50 bits per heavy atom. The minimum atomic E-state index is -1.01. The molecule has 5 aromatic carbocycles. The van der Waals surface area contributed by atoms with E-state index in [1.165, 1.54) is 5.69 Å². The fraction of sp³-hybridized carbons (Fsp3) is 0.291. The number of benzene rings is 5. The Bertz CT molecular complexity index is 5470. The Morgan fingerprint density at radius 2 is 0.973 bits per heavy atom. The van der Waals surface area contributed by atoms with Crippen LogP contribution in [0.1, 0.15) is 61.9 Å². The number of aromatic amines is 3. The summed E-state index contributed by atoms with van der Waals surface area (Å²) in [6.07, 6.45) is 9.84. The zero-order valence-corrected chi connectivity index (χ0v) is 62.1. The number of carbonyl (C=O) groups excluding carboxylic acids is 2. The third-order valence-corrected chi connectivity index (χ3v) is 20.5. The standard InChI is InChI=1S/C32H33N5O5.C29H29N5O4.C25H22N4O2/c1-40-30-17-21(2-4-28(30)36-10-12-37(13-11-36)31(39)20-38)27-18-25-26(35-27)6-9-34-32(25)22-3-5-29(23(16-22)19-33)42-24-7-14-41-15-8-24;1-29(2,37)26-6-4-19(16-32-26)24-14-22-23(33-24)7-10-31-28(22)18-3-5-25(20(13-18)15-30)38-21-8-11-34(12-9-21)27(36)17-35;1-30-24-7-2-17(16-26)14-21(24)25-20-15-23(28-22(20)8-9-27-25)18-3-5-19(6-4-18)29-10-12-31-13-11-29/h2-6,9,16-18,24,35,38H,7-8,10-15,20H2,1H3;3-7,10,13-14,16,21,33,35,37H,8-9,11-12,17H2,1-2H3;2-9,14-15,28H,10-13H2,1H3. The van der Waals surface area contributed by atoms with Crippen LogP contribution in [0.5, 0.6) is 23.0 Å². The number of hydrogen-bond acceptors (Lipinski definition) is 20. The van der Waals surface area contributed by atoms with Gasteiger partial charge in [0.15, 0.2) is 0 Å². The molecule has 7 aromatic heterocycles. The Morgan fingerprint density at radius 1 is 0.486 bits per heavy atom. The van der Waals surface area contributed by atoms with E-state index in [1.54, 1.807) is 80.9 Å². The van der Waals surface area contributed by atoms with E-state index in [2.05, 4.69) is 105 Å². The lowest BCUT2D eigenvalue weighted by atomic mass is 10.0. The number of nitriles is 3. The number of likely N-dealkylation sites (tertiary alicyclic amines) is 1. The van der Waals surface area contributed by atoms with Crippen LogP contribution < -0.4 is 28.7 Å². The number of carbonyl (C=O) groups is 2. The van der Waals surface area contributed by atoms with Crippen molar-refractivity contribution in [3.05, 3.63) is 193 Å². The molecule has 0 radical (unpaired) electrons. The molecule has 0 aliphatic carbocycles. The average Bonchev–Trinajstić information content (AvgIpc) is 1.68. The third kappa shape index (κ3) is 16.8. The lowest BCUT2D eigenvalue weighted by molar-refractivity contribution is -0.136. The number of ether oxygens (including phenoxy) is 6. The van der Waals surface area contributed by atoms with Gasteiger partial charge in [0.25, 0.3) is 0 Å². The van der Waals surface area contributed by atoms with E-state index >= 15 is 0 Å². The molecular weight excluding hydrogens is 1410 g/mol. The van der Waals surface area contributed by atoms with Gasteiger partial charge in [-0.15, -0.1) is 0 Å². The van der Waals surface area contributed by atoms with E-state index in [0.29, 0.717) is 105 Å². The Hall–Kier alpha value is -12.7. The number of hydrogen-bond donors (Lipinski definition) is 6. The van der Waals surface area contributed by atoms with Gasteiger partial charge in [0.2, 0.25) is 11.8 Å². The number of aliphatic hydroxyl groups excluding tert-OH is 2. The number of morpholine rings is 1. The summed E-state index contributed by atoms with van der Waals surface area (Å²) in [7, 11) is 3.28. The van der Waals surface area contributed by atoms with E-state index in [0.717, 1.165) is 151 Å². The Kier molecular flexibility index (Phi) is 22.9. The van der Waals surface area contributed by atoms with Crippen molar-refractivity contribution in [1.82, 2.24) is 44.7 Å². The molecule has 25 heteroatoms. The number of piperazine rings is 1. The van der Waals surface area contributed by atoms with E-state index in [4.69, 9.17) is 38.6 Å². The van der Waals surface area contributed by atoms with Crippen LogP contribution in [0.25, 0.3) is 100 Å². The maximum absolute atomic E-state index is 11.8. The highest BCUT2D eigenvalue weighted by Gasteiger charge is 2.28. The average molecular weight is 1490 g/mol. The second-order valence-electron chi connectivity index (χ2n) is 27.9. The van der Waals surface area contributed by atoms with Crippen molar-refractivity contribution >= 4 is 55.9 Å². The number of fused-ring (bicyclic) bond motifs is 3. The molecule has 0 atom stereocenters. The number of anilines is 2. The van der Waals surface area contributed by atoms with Gasteiger partial charge in [-0.25, -0.2) is 0 Å². The molecule has 11 heterocycles. The number of nitrogens with zero attached hydrogens (tertiary/aromatic N) is 11. The highest BCUT2D eigenvalue weighted by Crippen LogP contribution is 2.41. The van der Waals surface area contributed by atoms with Crippen LogP contribution in [-0.4, -0.2) is 190 Å². The van der Waals surface area contributed by atoms with Crippen molar-refractivity contribution in [3.63, 3.8) is 0 Å². The first-order chi connectivity index (χ1) is 54.1. The van der Waals surface area contributed by atoms with Gasteiger partial charge in [0.05, 0.1) is 91.9 Å². The molecule has 16 rings (SSSR count). The zero-order valence-electron chi connectivity index (χ0n) is 62.1. The van der Waals surface area contributed by atoms with Crippen LogP contribution in [0, 0.1) is 34.0 Å². The summed E-state index contributed by atoms with van der Waals surface area (Å²) in [6.45, 7) is 10.6. The normalized spacial score (nSPS) is 14.8. The summed E-state index contributed by atoms with van der Waals surface area (Å²) in [6, 6.07) is 53.7. The lowest BCUT2D eigenvalue weighted by Gasteiger charge is -2.36. The largest absolute Gasteiger partial charge is 0.496 e. The third-order valence-electron chi connectivity index (χ3n) is 20.5. The predicted octanol–water partition coefficient (Wildman–Crippen LogP) is 12.3. The molecule has 0 saturated carbocycles. The van der Waals surface area contributed by atoms with Gasteiger partial charge in [0.1, 0.15) is 66.2 Å². The molecular formula is C86H84N14O11. The number of amides is 2. The predicted molar refractivity (Wildman–Crippen MR) is 422 cm³/mol. The second-order valence-corrected chi connectivity index (χ2v) is 27.9. The summed E-state index contributed by atoms with van der Waals surface area (Å²) in [5, 5.41) is 60.3. The second kappa shape index (κ2) is 33.9. The Labute approximate surface area is 641 Å². The maximum Gasteiger partial charge on any atom is 0.248 e. The smallest absolute Gasteiger partial charge is 0.248 e. The molecule has 564 valence electrons. The number of rotatable bonds is 17. The molecule has 4 saturated heterocycles. The number of piperidine rings is 1. The molecule has 0 unspecified atom stereocenters. The van der Waals surface area contributed by atoms with Crippen molar-refractivity contribution in [1.29, 1.82) is 15.8 Å². The number of pyridine rings is 4. The Balaban J connectivity index is 0.000000140. The molecule has 2 amide bonds. The van der Waals surface area contributed by atoms with Crippen molar-refractivity contribution in [2.75, 3.05) is 116 Å². The zero-order chi connectivity index (χ0) is 77.1. The van der Waals surface area contributed by atoms with Crippen LogP contribution in [-0.2, 0) is 24.7 Å². The van der Waals surface area contributed by atoms with Crippen molar-refractivity contribution in [2.45, 2.75) is 57.3 Å². The lowest BCUT2D eigenvalue weighted by Crippen LogP contribution is -2.49. The molecule has 12 aromatic rings. The van der Waals surface area contributed by atoms with Crippen LogP contribution >= 0.6 is 0 Å². The minimum Gasteiger partial charge on any atom is -0.496 e. The van der Waals surface area contributed by atoms with E-state index < -0.39 is 18.8 Å². The number of nitrogens with one attached hydrogen (secondary N) is 3. The molecule has 111 heavy (non-hydrogen) atoms. The maximum atomic E-state index is 11.8. The van der Waals surface area contributed by atoms with Crippen LogP contribution in [0.4, 0.5) is 11.4 Å². The minimum absolute atomic E-state index is 0.0499. The van der Waals surface area contributed by atoms with E-state index in [-0.39, 0.29) is 24.0 Å². The van der Waals surface area contributed by atoms with Gasteiger partial charge >= 0.3 is 0 Å². The molecule has 4 fully saturated rings. The van der Waals surface area contributed by atoms with Crippen molar-refractivity contribution < 1.29 is 53.3 Å². The summed E-state index contributed by atoms with van der Waals surface area (Å²) < 4.78 is 34.5. The highest BCUT2D eigenvalue weighted by molar-refractivity contribution is 5.99. The van der Waals surface area contributed by atoms with Gasteiger partial charge in [0, 0.05) is 186 Å². The van der Waals surface area contributed by atoms with Crippen LogP contribution in [0.15, 0.2) is 170 Å². The fourth-order valence-electron chi connectivity index (χ4n) is 14.5. The molecule has 6 N–H and O–H groups in total. The topological polar surface area (TPSA) is 333 Å². The van der Waals surface area contributed by atoms with Crippen LogP contribution in [0.3, 0.4) is 0 Å². The van der Waals surface area contributed by atoms with Gasteiger partial charge in [-0.3, -0.25) is 29.5 Å². The molecule has 4 aliphatic heterocycles. The first-order valence-corrected chi connectivity index (χ1v) is 37.0.